The molecule has 10 heavy (non-hydrogen) atoms. The molecule has 3 nitrogen and oxygen atoms in total. The maximum atomic E-state index is 8.11. The van der Waals surface area contributed by atoms with E-state index in [4.69, 9.17) is 14.9 Å². The average Bonchev–Trinajstić information content (AvgIpc) is 2.52. The summed E-state index contributed by atoms with van der Waals surface area (Å²) in [5, 5.41) is 16.2. The first-order valence-corrected chi connectivity index (χ1v) is 3.64. The van der Waals surface area contributed by atoms with Crippen molar-refractivity contribution in [3.8, 4) is 0 Å². The summed E-state index contributed by atoms with van der Waals surface area (Å²) >= 11 is 0. The molecule has 2 N–H and O–H groups in total. The Morgan fingerprint density at radius 3 is 2.00 bits per heavy atom. The van der Waals surface area contributed by atoms with Gasteiger partial charge in [0.25, 0.3) is 0 Å². The van der Waals surface area contributed by atoms with Crippen LogP contribution in [-0.4, -0.2) is 29.2 Å². The summed E-state index contributed by atoms with van der Waals surface area (Å²) < 4.78 is 4.71. The molecule has 3 heteroatoms. The van der Waals surface area contributed by atoms with Gasteiger partial charge in [0.05, 0.1) is 12.7 Å². The van der Waals surface area contributed by atoms with E-state index in [0.717, 1.165) is 13.0 Å². The average molecular weight is 148 g/mol. The molecule has 0 aliphatic carbocycles. The van der Waals surface area contributed by atoms with Crippen LogP contribution >= 0.6 is 0 Å². The van der Waals surface area contributed by atoms with Crippen LogP contribution in [0.3, 0.4) is 0 Å². The van der Waals surface area contributed by atoms with Gasteiger partial charge in [-0.2, -0.15) is 0 Å². The lowest BCUT2D eigenvalue weighted by molar-refractivity contribution is -0.0453. The van der Waals surface area contributed by atoms with Crippen molar-refractivity contribution in [1.82, 2.24) is 0 Å². The molecular formula is C7H16O3. The van der Waals surface area contributed by atoms with Crippen LogP contribution in [0.4, 0.5) is 0 Å². The van der Waals surface area contributed by atoms with Crippen LogP contribution in [0.5, 0.6) is 0 Å². The largest absolute Gasteiger partial charge is 0.373 e. The van der Waals surface area contributed by atoms with Crippen LogP contribution in [0.15, 0.2) is 0 Å². The van der Waals surface area contributed by atoms with Crippen molar-refractivity contribution in [2.75, 3.05) is 6.61 Å². The standard InChI is InChI=1S/C4H10O2.C3H6O/c1-2-3-4(5)6;1-3-2-4-3/h4-6H,2-3H2,1H3;3H,2H2,1H3. The molecule has 0 radical (unpaired) electrons. The number of aliphatic hydroxyl groups excluding tert-OH is 1. The second-order valence-electron chi connectivity index (χ2n) is 2.41. The third kappa shape index (κ3) is 10.8. The molecule has 1 aliphatic heterocycles. The molecule has 1 rings (SSSR count). The van der Waals surface area contributed by atoms with E-state index in [0.29, 0.717) is 12.5 Å². The number of hydrogen-bond donors (Lipinski definition) is 2. The highest BCUT2D eigenvalue weighted by Crippen LogP contribution is 2.04. The van der Waals surface area contributed by atoms with Crippen LogP contribution in [0.1, 0.15) is 26.7 Å². The Morgan fingerprint density at radius 1 is 1.60 bits per heavy atom. The van der Waals surface area contributed by atoms with E-state index >= 15 is 0 Å². The van der Waals surface area contributed by atoms with E-state index in [1.807, 2.05) is 6.92 Å². The Labute approximate surface area is 61.6 Å². The van der Waals surface area contributed by atoms with E-state index in [2.05, 4.69) is 6.92 Å². The minimum Gasteiger partial charge on any atom is -0.373 e. The van der Waals surface area contributed by atoms with E-state index < -0.39 is 6.29 Å². The first-order chi connectivity index (χ1) is 4.66. The Kier molecular flexibility index (Phi) is 5.58. The lowest BCUT2D eigenvalue weighted by atomic mass is 10.3. The van der Waals surface area contributed by atoms with E-state index in [9.17, 15) is 0 Å². The molecule has 0 aromatic rings. The fourth-order valence-electron chi connectivity index (χ4n) is 0.354. The van der Waals surface area contributed by atoms with Crippen LogP contribution in [-0.2, 0) is 4.74 Å². The minimum atomic E-state index is -1.10. The molecule has 0 bridgehead atoms. The fourth-order valence-corrected chi connectivity index (χ4v) is 0.354. The summed E-state index contributed by atoms with van der Waals surface area (Å²) in [6, 6.07) is 0. The highest BCUT2D eigenvalue weighted by molar-refractivity contribution is 4.58. The van der Waals surface area contributed by atoms with Gasteiger partial charge in [0.2, 0.25) is 0 Å². The molecule has 1 aliphatic rings. The molecule has 0 aromatic carbocycles. The normalized spacial score (nSPS) is 21.9. The zero-order valence-corrected chi connectivity index (χ0v) is 6.58. The minimum absolute atomic E-state index is 0.486. The maximum Gasteiger partial charge on any atom is 0.151 e. The Hall–Kier alpha value is -0.120. The highest BCUT2D eigenvalue weighted by atomic mass is 16.6. The highest BCUT2D eigenvalue weighted by Gasteiger charge is 2.13. The molecular weight excluding hydrogens is 132 g/mol. The molecule has 62 valence electrons. The van der Waals surface area contributed by atoms with Gasteiger partial charge in [0.15, 0.2) is 6.29 Å². The third-order valence-electron chi connectivity index (χ3n) is 1.05. The van der Waals surface area contributed by atoms with Gasteiger partial charge in [-0.05, 0) is 13.3 Å². The lowest BCUT2D eigenvalue weighted by Crippen LogP contribution is -2.01. The van der Waals surface area contributed by atoms with Crippen LogP contribution < -0.4 is 0 Å². The monoisotopic (exact) mass is 148 g/mol. The molecule has 1 fully saturated rings. The van der Waals surface area contributed by atoms with Gasteiger partial charge in [-0.25, -0.2) is 0 Å². The first kappa shape index (κ1) is 9.88. The number of epoxide rings is 1. The first-order valence-electron chi connectivity index (χ1n) is 3.64. The summed E-state index contributed by atoms with van der Waals surface area (Å²) in [5.74, 6) is 0. The van der Waals surface area contributed by atoms with Gasteiger partial charge in [-0.15, -0.1) is 0 Å². The summed E-state index contributed by atoms with van der Waals surface area (Å²) in [7, 11) is 0. The van der Waals surface area contributed by atoms with Crippen molar-refractivity contribution in [3.05, 3.63) is 0 Å². The SMILES string of the molecule is CC1CO1.CCCC(O)O. The molecule has 0 saturated carbocycles. The molecule has 1 atom stereocenters. The molecule has 1 unspecified atom stereocenters. The smallest absolute Gasteiger partial charge is 0.151 e. The quantitative estimate of drug-likeness (QED) is 0.443. The molecule has 0 aromatic heterocycles. The van der Waals surface area contributed by atoms with Gasteiger partial charge in [-0.3, -0.25) is 0 Å². The van der Waals surface area contributed by atoms with E-state index in [1.165, 1.54) is 0 Å². The van der Waals surface area contributed by atoms with Crippen molar-refractivity contribution in [1.29, 1.82) is 0 Å². The van der Waals surface area contributed by atoms with Crippen molar-refractivity contribution >= 4 is 0 Å². The number of ether oxygens (including phenoxy) is 1. The Bertz CT molecular complexity index is 69.3. The van der Waals surface area contributed by atoms with Crippen LogP contribution in [0.25, 0.3) is 0 Å². The zero-order chi connectivity index (χ0) is 7.98. The zero-order valence-electron chi connectivity index (χ0n) is 6.58. The number of aliphatic hydroxyl groups is 2. The summed E-state index contributed by atoms with van der Waals surface area (Å²) in [6.45, 7) is 4.94. The van der Waals surface area contributed by atoms with Gasteiger partial charge in [0, 0.05) is 0 Å². The Morgan fingerprint density at radius 2 is 2.00 bits per heavy atom. The second-order valence-corrected chi connectivity index (χ2v) is 2.41. The summed E-state index contributed by atoms with van der Waals surface area (Å²) in [6.07, 6.45) is 0.799. The van der Waals surface area contributed by atoms with Crippen molar-refractivity contribution < 1.29 is 14.9 Å². The van der Waals surface area contributed by atoms with Crippen LogP contribution in [0.2, 0.25) is 0 Å². The van der Waals surface area contributed by atoms with Crippen LogP contribution in [0, 0.1) is 0 Å². The summed E-state index contributed by atoms with van der Waals surface area (Å²) in [4.78, 5) is 0. The number of hydrogen-bond acceptors (Lipinski definition) is 3. The Balaban J connectivity index is 0.000000172. The van der Waals surface area contributed by atoms with Gasteiger partial charge in [-0.1, -0.05) is 13.3 Å². The number of rotatable bonds is 2. The van der Waals surface area contributed by atoms with E-state index in [-0.39, 0.29) is 0 Å². The van der Waals surface area contributed by atoms with Gasteiger partial charge >= 0.3 is 0 Å². The van der Waals surface area contributed by atoms with E-state index in [1.54, 1.807) is 0 Å². The fraction of sp³-hybridized carbons (Fsp3) is 1.00. The molecule has 1 heterocycles. The third-order valence-corrected chi connectivity index (χ3v) is 1.05. The van der Waals surface area contributed by atoms with Gasteiger partial charge in [0.1, 0.15) is 0 Å². The molecule has 0 amide bonds. The predicted molar refractivity (Wildman–Crippen MR) is 38.5 cm³/mol. The second kappa shape index (κ2) is 5.65. The molecule has 0 spiro atoms. The summed E-state index contributed by atoms with van der Waals surface area (Å²) in [5.41, 5.74) is 0. The van der Waals surface area contributed by atoms with Crippen molar-refractivity contribution in [2.24, 2.45) is 0 Å². The topological polar surface area (TPSA) is 53.0 Å². The molecule has 1 saturated heterocycles. The maximum absolute atomic E-state index is 8.11. The lowest BCUT2D eigenvalue weighted by Gasteiger charge is -1.94. The van der Waals surface area contributed by atoms with Crippen molar-refractivity contribution in [2.45, 2.75) is 39.1 Å². The van der Waals surface area contributed by atoms with Crippen molar-refractivity contribution in [3.63, 3.8) is 0 Å². The van der Waals surface area contributed by atoms with Gasteiger partial charge < -0.3 is 14.9 Å². The predicted octanol–water partition coefficient (Wildman–Crippen LogP) is 0.502.